The molecule has 0 aromatic heterocycles. The summed E-state index contributed by atoms with van der Waals surface area (Å²) in [4.78, 5) is 32.4. The number of carbonyl (C=O) groups excluding carboxylic acids is 1. The normalized spacial score (nSPS) is 9.96. The average Bonchev–Trinajstić information content (AvgIpc) is 2.54. The summed E-state index contributed by atoms with van der Waals surface area (Å²) in [5.41, 5.74) is -1.33. The lowest BCUT2D eigenvalue weighted by atomic mass is 10.1. The van der Waals surface area contributed by atoms with E-state index in [1.807, 2.05) is 0 Å². The molecular formula is C14H11N3O6. The van der Waals surface area contributed by atoms with E-state index in [1.165, 1.54) is 0 Å². The molecule has 0 heterocycles. The van der Waals surface area contributed by atoms with Crippen LogP contribution < -0.4 is 5.32 Å². The lowest BCUT2D eigenvalue weighted by Gasteiger charge is -2.09. The Morgan fingerprint density at radius 1 is 1.04 bits per heavy atom. The molecule has 2 aromatic carbocycles. The van der Waals surface area contributed by atoms with Gasteiger partial charge >= 0.3 is 17.3 Å². The largest absolute Gasteiger partial charge is 0.465 e. The average molecular weight is 317 g/mol. The van der Waals surface area contributed by atoms with Gasteiger partial charge < -0.3 is 10.1 Å². The van der Waals surface area contributed by atoms with Gasteiger partial charge in [0.2, 0.25) is 0 Å². The molecule has 0 spiro atoms. The summed E-state index contributed by atoms with van der Waals surface area (Å²) >= 11 is 0. The Morgan fingerprint density at radius 3 is 2.00 bits per heavy atom. The van der Waals surface area contributed by atoms with Gasteiger partial charge in [0, 0.05) is 17.8 Å². The van der Waals surface area contributed by atoms with Crippen LogP contribution in [0.25, 0.3) is 0 Å². The minimum absolute atomic E-state index is 0.274. The maximum absolute atomic E-state index is 11.5. The molecule has 9 nitrogen and oxygen atoms in total. The molecule has 0 aliphatic heterocycles. The number of methoxy groups -OCH3 is 1. The predicted octanol–water partition coefficient (Wildman–Crippen LogP) is 3.03. The third-order valence-electron chi connectivity index (χ3n) is 2.95. The number of nitro groups is 2. The van der Waals surface area contributed by atoms with E-state index in [1.54, 1.807) is 30.3 Å². The Labute approximate surface area is 129 Å². The van der Waals surface area contributed by atoms with Gasteiger partial charge in [-0.1, -0.05) is 18.2 Å². The Kier molecular flexibility index (Phi) is 4.50. The van der Waals surface area contributed by atoms with E-state index in [-0.39, 0.29) is 11.3 Å². The van der Waals surface area contributed by atoms with Crippen LogP contribution >= 0.6 is 0 Å². The summed E-state index contributed by atoms with van der Waals surface area (Å²) < 4.78 is 4.46. The molecule has 0 saturated carbocycles. The number of nitro benzene ring substituents is 2. The molecule has 0 amide bonds. The molecule has 2 rings (SSSR count). The summed E-state index contributed by atoms with van der Waals surface area (Å²) in [5, 5.41) is 25.1. The summed E-state index contributed by atoms with van der Waals surface area (Å²) in [7, 11) is 1.08. The van der Waals surface area contributed by atoms with Gasteiger partial charge in [-0.25, -0.2) is 4.79 Å². The van der Waals surface area contributed by atoms with Crippen LogP contribution in [0.2, 0.25) is 0 Å². The van der Waals surface area contributed by atoms with E-state index >= 15 is 0 Å². The molecule has 0 bridgehead atoms. The highest BCUT2D eigenvalue weighted by molar-refractivity contribution is 5.94. The SMILES string of the molecule is COC(=O)c1cc([N+](=O)[O-])c(Nc2ccccc2)c([N+](=O)[O-])c1. The lowest BCUT2D eigenvalue weighted by molar-refractivity contribution is -0.392. The maximum Gasteiger partial charge on any atom is 0.338 e. The molecule has 0 unspecified atom stereocenters. The third-order valence-corrected chi connectivity index (χ3v) is 2.95. The first-order chi connectivity index (χ1) is 10.9. The standard InChI is InChI=1S/C14H11N3O6/c1-23-14(18)9-7-11(16(19)20)13(12(8-9)17(21)22)15-10-5-3-2-4-6-10/h2-8,15H,1H3. The van der Waals surface area contributed by atoms with Crippen molar-refractivity contribution in [3.8, 4) is 0 Å². The molecule has 0 aliphatic rings. The van der Waals surface area contributed by atoms with Gasteiger partial charge in [-0.3, -0.25) is 20.2 Å². The van der Waals surface area contributed by atoms with Crippen molar-refractivity contribution in [3.05, 3.63) is 68.3 Å². The van der Waals surface area contributed by atoms with Gasteiger partial charge in [0.05, 0.1) is 22.5 Å². The van der Waals surface area contributed by atoms with E-state index in [0.717, 1.165) is 19.2 Å². The zero-order valence-corrected chi connectivity index (χ0v) is 11.9. The molecular weight excluding hydrogens is 306 g/mol. The number of ether oxygens (including phenoxy) is 1. The molecule has 9 heteroatoms. The van der Waals surface area contributed by atoms with Crippen LogP contribution in [-0.4, -0.2) is 22.9 Å². The fourth-order valence-electron chi connectivity index (χ4n) is 1.93. The van der Waals surface area contributed by atoms with Crippen LogP contribution in [0.5, 0.6) is 0 Å². The molecule has 118 valence electrons. The van der Waals surface area contributed by atoms with Gasteiger partial charge in [-0.15, -0.1) is 0 Å². The van der Waals surface area contributed by atoms with Crippen molar-refractivity contribution >= 4 is 28.7 Å². The maximum atomic E-state index is 11.5. The number of esters is 1. The van der Waals surface area contributed by atoms with Crippen molar-refractivity contribution in [2.75, 3.05) is 12.4 Å². The summed E-state index contributed by atoms with van der Waals surface area (Å²) in [6, 6.07) is 10.1. The monoisotopic (exact) mass is 317 g/mol. The second kappa shape index (κ2) is 6.52. The van der Waals surface area contributed by atoms with Crippen molar-refractivity contribution in [2.24, 2.45) is 0 Å². The van der Waals surface area contributed by atoms with E-state index in [0.29, 0.717) is 5.69 Å². The molecule has 0 fully saturated rings. The highest BCUT2D eigenvalue weighted by atomic mass is 16.6. The topological polar surface area (TPSA) is 125 Å². The van der Waals surface area contributed by atoms with Gasteiger partial charge in [0.25, 0.3) is 0 Å². The third kappa shape index (κ3) is 3.40. The fourth-order valence-corrected chi connectivity index (χ4v) is 1.93. The number of benzene rings is 2. The van der Waals surface area contributed by atoms with E-state index in [2.05, 4.69) is 10.1 Å². The minimum Gasteiger partial charge on any atom is -0.465 e. The van der Waals surface area contributed by atoms with E-state index in [4.69, 9.17) is 0 Å². The Morgan fingerprint density at radius 2 is 1.57 bits per heavy atom. The molecule has 23 heavy (non-hydrogen) atoms. The fraction of sp³-hybridized carbons (Fsp3) is 0.0714. The Hall–Kier alpha value is -3.49. The lowest BCUT2D eigenvalue weighted by Crippen LogP contribution is -2.07. The number of anilines is 2. The van der Waals surface area contributed by atoms with Crippen LogP contribution in [0.3, 0.4) is 0 Å². The second-order valence-corrected chi connectivity index (χ2v) is 4.39. The van der Waals surface area contributed by atoms with Crippen LogP contribution in [0.15, 0.2) is 42.5 Å². The zero-order valence-electron chi connectivity index (χ0n) is 11.9. The molecule has 2 aromatic rings. The molecule has 0 atom stereocenters. The number of nitrogens with zero attached hydrogens (tertiary/aromatic N) is 2. The number of para-hydroxylation sites is 1. The smallest absolute Gasteiger partial charge is 0.338 e. The zero-order chi connectivity index (χ0) is 17.0. The Bertz CT molecular complexity index is 740. The number of hydrogen-bond acceptors (Lipinski definition) is 7. The van der Waals surface area contributed by atoms with E-state index in [9.17, 15) is 25.0 Å². The van der Waals surface area contributed by atoms with Crippen molar-refractivity contribution in [1.82, 2.24) is 0 Å². The van der Waals surface area contributed by atoms with Crippen molar-refractivity contribution < 1.29 is 19.4 Å². The first-order valence-corrected chi connectivity index (χ1v) is 6.31. The Balaban J connectivity index is 2.64. The van der Waals surface area contributed by atoms with Gasteiger partial charge in [0.1, 0.15) is 0 Å². The number of carbonyl (C=O) groups is 1. The first kappa shape index (κ1) is 15.9. The van der Waals surface area contributed by atoms with Gasteiger partial charge in [-0.2, -0.15) is 0 Å². The van der Waals surface area contributed by atoms with Crippen molar-refractivity contribution in [1.29, 1.82) is 0 Å². The summed E-state index contributed by atoms with van der Waals surface area (Å²) in [6.45, 7) is 0. The van der Waals surface area contributed by atoms with Crippen LogP contribution in [0, 0.1) is 20.2 Å². The van der Waals surface area contributed by atoms with Crippen LogP contribution in [0.4, 0.5) is 22.7 Å². The van der Waals surface area contributed by atoms with Gasteiger partial charge in [0.15, 0.2) is 5.69 Å². The second-order valence-electron chi connectivity index (χ2n) is 4.39. The van der Waals surface area contributed by atoms with Crippen molar-refractivity contribution in [2.45, 2.75) is 0 Å². The number of nitrogens with one attached hydrogen (secondary N) is 1. The van der Waals surface area contributed by atoms with Crippen molar-refractivity contribution in [3.63, 3.8) is 0 Å². The van der Waals surface area contributed by atoms with Gasteiger partial charge in [-0.05, 0) is 12.1 Å². The molecule has 1 N–H and O–H groups in total. The quantitative estimate of drug-likeness (QED) is 0.510. The minimum atomic E-state index is -0.900. The van der Waals surface area contributed by atoms with Crippen LogP contribution in [0.1, 0.15) is 10.4 Å². The molecule has 0 saturated heterocycles. The number of hydrogen-bond donors (Lipinski definition) is 1. The molecule has 0 radical (unpaired) electrons. The summed E-state index contributed by atoms with van der Waals surface area (Å²) in [5.74, 6) is -0.900. The van der Waals surface area contributed by atoms with E-state index < -0.39 is 27.2 Å². The number of rotatable bonds is 5. The van der Waals surface area contributed by atoms with Crippen LogP contribution in [-0.2, 0) is 4.74 Å². The highest BCUT2D eigenvalue weighted by Crippen LogP contribution is 2.37. The first-order valence-electron chi connectivity index (χ1n) is 6.31. The highest BCUT2D eigenvalue weighted by Gasteiger charge is 2.29. The molecule has 0 aliphatic carbocycles. The predicted molar refractivity (Wildman–Crippen MR) is 80.8 cm³/mol. The summed E-state index contributed by atoms with van der Waals surface area (Å²) in [6.07, 6.45) is 0.